The zero-order valence-electron chi connectivity index (χ0n) is 19.5. The van der Waals surface area contributed by atoms with Crippen LogP contribution in [0.2, 0.25) is 0 Å². The van der Waals surface area contributed by atoms with E-state index in [2.05, 4.69) is 9.88 Å². The van der Waals surface area contributed by atoms with E-state index in [9.17, 15) is 9.59 Å². The molecule has 0 atom stereocenters. The van der Waals surface area contributed by atoms with Crippen LogP contribution in [0.3, 0.4) is 0 Å². The van der Waals surface area contributed by atoms with Crippen molar-refractivity contribution in [1.29, 1.82) is 0 Å². The van der Waals surface area contributed by atoms with Crippen molar-refractivity contribution in [3.05, 3.63) is 44.6 Å². The number of ether oxygens (including phenoxy) is 2. The van der Waals surface area contributed by atoms with E-state index in [1.54, 1.807) is 25.8 Å². The molecule has 3 aromatic rings. The Morgan fingerprint density at radius 1 is 1.16 bits per heavy atom. The highest BCUT2D eigenvalue weighted by atomic mass is 16.5. The van der Waals surface area contributed by atoms with Gasteiger partial charge in [-0.05, 0) is 23.6 Å². The van der Waals surface area contributed by atoms with E-state index in [0.717, 1.165) is 44.0 Å². The Hall–Kier alpha value is -3.23. The number of anilines is 1. The lowest BCUT2D eigenvalue weighted by Gasteiger charge is -2.22. The topological polar surface area (TPSA) is 85.4 Å². The van der Waals surface area contributed by atoms with E-state index in [1.165, 1.54) is 4.57 Å². The van der Waals surface area contributed by atoms with E-state index in [4.69, 9.17) is 9.47 Å². The highest BCUT2D eigenvalue weighted by molar-refractivity contribution is 5.68. The van der Waals surface area contributed by atoms with Crippen LogP contribution in [0, 0.1) is 5.92 Å². The molecule has 0 saturated heterocycles. The van der Waals surface area contributed by atoms with Gasteiger partial charge >= 0.3 is 11.6 Å². The van der Waals surface area contributed by atoms with Crippen LogP contribution in [0.1, 0.15) is 25.8 Å². The summed E-state index contributed by atoms with van der Waals surface area (Å²) in [6.07, 6.45) is 1.75. The van der Waals surface area contributed by atoms with E-state index in [0.29, 0.717) is 29.2 Å². The summed E-state index contributed by atoms with van der Waals surface area (Å²) in [7, 11) is 4.98. The maximum atomic E-state index is 13.3. The van der Waals surface area contributed by atoms with Crippen LogP contribution in [0.25, 0.3) is 11.2 Å². The maximum Gasteiger partial charge on any atom is 0.359 e. The number of hydrogen-bond acceptors (Lipinski definition) is 5. The second-order valence-electron chi connectivity index (χ2n) is 8.73. The summed E-state index contributed by atoms with van der Waals surface area (Å²) in [5.74, 6) is 2.50. The maximum absolute atomic E-state index is 13.3. The molecule has 0 bridgehead atoms. The molecule has 0 aliphatic carbocycles. The van der Waals surface area contributed by atoms with Crippen LogP contribution in [0.15, 0.2) is 27.8 Å². The summed E-state index contributed by atoms with van der Waals surface area (Å²) < 4.78 is 15.7. The van der Waals surface area contributed by atoms with Crippen LogP contribution in [-0.2, 0) is 26.6 Å². The number of nitrogens with one attached hydrogen (secondary N) is 1. The lowest BCUT2D eigenvalue weighted by atomic mass is 10.1. The van der Waals surface area contributed by atoms with Gasteiger partial charge in [0.15, 0.2) is 11.5 Å². The number of aromatic amines is 1. The predicted molar refractivity (Wildman–Crippen MR) is 123 cm³/mol. The van der Waals surface area contributed by atoms with Crippen molar-refractivity contribution < 1.29 is 14.0 Å². The standard InChI is InChI=1S/C23H31N5O4/c1-15(2)14-28-21(29)19-20(25(3)23(28)30)24-22-26(10-6-11-27(19)22)12-9-16-7-8-17(31-4)18(13-16)32-5/h7-8,13,15H,6,9-12,14H2,1-5H3/p+1. The average molecular weight is 443 g/mol. The first-order valence-electron chi connectivity index (χ1n) is 11.1. The molecule has 172 valence electrons. The van der Waals surface area contributed by atoms with Crippen LogP contribution < -0.4 is 30.2 Å². The largest absolute Gasteiger partial charge is 0.493 e. The minimum Gasteiger partial charge on any atom is -0.493 e. The number of aryl methyl sites for hydroxylation is 2. The molecular weight excluding hydrogens is 410 g/mol. The lowest BCUT2D eigenvalue weighted by Crippen LogP contribution is -2.51. The fourth-order valence-corrected chi connectivity index (χ4v) is 4.45. The van der Waals surface area contributed by atoms with Gasteiger partial charge in [-0.15, -0.1) is 0 Å². The summed E-state index contributed by atoms with van der Waals surface area (Å²) in [6.45, 7) is 6.82. The smallest absolute Gasteiger partial charge is 0.359 e. The van der Waals surface area contributed by atoms with Gasteiger partial charge in [0.05, 0.1) is 33.9 Å². The van der Waals surface area contributed by atoms with Gasteiger partial charge in [-0.1, -0.05) is 19.9 Å². The van der Waals surface area contributed by atoms with E-state index < -0.39 is 0 Å². The van der Waals surface area contributed by atoms with Gasteiger partial charge < -0.3 is 9.47 Å². The molecule has 4 rings (SSSR count). The summed E-state index contributed by atoms with van der Waals surface area (Å²) in [6, 6.07) is 5.95. The number of imidazole rings is 1. The molecule has 0 saturated carbocycles. The van der Waals surface area contributed by atoms with Crippen molar-refractivity contribution in [2.24, 2.45) is 13.0 Å². The minimum atomic E-state index is -0.285. The molecule has 9 nitrogen and oxygen atoms in total. The molecule has 0 radical (unpaired) electrons. The minimum absolute atomic E-state index is 0.204. The fourth-order valence-electron chi connectivity index (χ4n) is 4.45. The van der Waals surface area contributed by atoms with Crippen molar-refractivity contribution in [2.45, 2.75) is 39.8 Å². The van der Waals surface area contributed by atoms with E-state index in [-0.39, 0.29) is 17.2 Å². The Labute approximate surface area is 186 Å². The zero-order chi connectivity index (χ0) is 23.0. The van der Waals surface area contributed by atoms with Gasteiger partial charge in [-0.2, -0.15) is 0 Å². The Balaban J connectivity index is 1.69. The monoisotopic (exact) mass is 442 g/mol. The average Bonchev–Trinajstić information content (AvgIpc) is 3.19. The number of benzene rings is 1. The molecule has 0 unspecified atom stereocenters. The van der Waals surface area contributed by atoms with Crippen LogP contribution >= 0.6 is 0 Å². The lowest BCUT2D eigenvalue weighted by molar-refractivity contribution is -0.663. The number of fused-ring (bicyclic) bond motifs is 3. The van der Waals surface area contributed by atoms with Crippen LogP contribution in [0.5, 0.6) is 11.5 Å². The van der Waals surface area contributed by atoms with Gasteiger partial charge in [-0.3, -0.25) is 18.8 Å². The normalized spacial score (nSPS) is 13.6. The Morgan fingerprint density at radius 2 is 1.91 bits per heavy atom. The SMILES string of the molecule is COc1ccc(CCN2CCC[n+]3c2[nH]c2c3c(=O)n(CC(C)C)c(=O)n2C)cc1OC. The van der Waals surface area contributed by atoms with Crippen LogP contribution in [-0.4, -0.2) is 41.4 Å². The highest BCUT2D eigenvalue weighted by Gasteiger charge is 2.32. The van der Waals surface area contributed by atoms with E-state index in [1.807, 2.05) is 36.6 Å². The molecule has 3 heterocycles. The summed E-state index contributed by atoms with van der Waals surface area (Å²) in [5.41, 5.74) is 1.78. The molecule has 1 N–H and O–H groups in total. The number of hydrogen-bond donors (Lipinski definition) is 1. The quantitative estimate of drug-likeness (QED) is 0.560. The molecule has 9 heteroatoms. The van der Waals surface area contributed by atoms with Crippen molar-refractivity contribution in [2.75, 3.05) is 32.2 Å². The molecule has 0 fully saturated rings. The Morgan fingerprint density at radius 3 is 2.59 bits per heavy atom. The third-order valence-corrected chi connectivity index (χ3v) is 6.06. The van der Waals surface area contributed by atoms with Crippen molar-refractivity contribution in [3.8, 4) is 11.5 Å². The van der Waals surface area contributed by atoms with Crippen molar-refractivity contribution in [1.82, 2.24) is 14.1 Å². The second kappa shape index (κ2) is 8.72. The number of rotatable bonds is 7. The third-order valence-electron chi connectivity index (χ3n) is 6.06. The predicted octanol–water partition coefficient (Wildman–Crippen LogP) is 1.44. The first-order valence-corrected chi connectivity index (χ1v) is 11.1. The third kappa shape index (κ3) is 3.76. The highest BCUT2D eigenvalue weighted by Crippen LogP contribution is 2.28. The number of nitrogens with zero attached hydrogens (tertiary/aromatic N) is 4. The Bertz CT molecular complexity index is 1250. The molecule has 0 spiro atoms. The molecular formula is C23H32N5O4+. The Kier molecular flexibility index (Phi) is 5.99. The van der Waals surface area contributed by atoms with Gasteiger partial charge in [0.1, 0.15) is 0 Å². The zero-order valence-corrected chi connectivity index (χ0v) is 19.5. The van der Waals surface area contributed by atoms with E-state index >= 15 is 0 Å². The first kappa shape index (κ1) is 22.0. The van der Waals surface area contributed by atoms with Gasteiger partial charge in [-0.25, -0.2) is 14.3 Å². The molecule has 1 aromatic carbocycles. The summed E-state index contributed by atoms with van der Waals surface area (Å²) in [4.78, 5) is 31.7. The number of aromatic nitrogens is 4. The number of H-pyrrole nitrogens is 1. The van der Waals surface area contributed by atoms with Gasteiger partial charge in [0.2, 0.25) is 11.2 Å². The first-order chi connectivity index (χ1) is 15.3. The molecule has 1 aliphatic rings. The van der Waals surface area contributed by atoms with Crippen molar-refractivity contribution in [3.63, 3.8) is 0 Å². The number of methoxy groups -OCH3 is 2. The van der Waals surface area contributed by atoms with Crippen LogP contribution in [0.4, 0.5) is 5.95 Å². The molecule has 2 aromatic heterocycles. The molecule has 0 amide bonds. The molecule has 32 heavy (non-hydrogen) atoms. The van der Waals surface area contributed by atoms with Gasteiger partial charge in [0.25, 0.3) is 5.56 Å². The molecule has 1 aliphatic heterocycles. The summed E-state index contributed by atoms with van der Waals surface area (Å²) in [5, 5.41) is 0. The fraction of sp³-hybridized carbons (Fsp3) is 0.522. The summed E-state index contributed by atoms with van der Waals surface area (Å²) >= 11 is 0. The second-order valence-corrected chi connectivity index (χ2v) is 8.73. The van der Waals surface area contributed by atoms with Gasteiger partial charge in [0, 0.05) is 26.4 Å². The van der Waals surface area contributed by atoms with Crippen molar-refractivity contribution >= 4 is 17.1 Å².